The molecule has 0 fully saturated rings. The van der Waals surface area contributed by atoms with Crippen LogP contribution in [0.2, 0.25) is 0 Å². The molecule has 102 valence electrons. The molecule has 0 aromatic heterocycles. The maximum absolute atomic E-state index is 12.6. The van der Waals surface area contributed by atoms with E-state index in [1.807, 2.05) is 6.92 Å². The molecule has 0 aliphatic heterocycles. The van der Waals surface area contributed by atoms with Gasteiger partial charge in [-0.05, 0) is 6.42 Å². The van der Waals surface area contributed by atoms with E-state index in [0.717, 1.165) is 19.3 Å². The Bertz CT molecular complexity index is 345. The first-order chi connectivity index (χ1) is 7.70. The van der Waals surface area contributed by atoms with Crippen LogP contribution in [0.5, 0.6) is 0 Å². The van der Waals surface area contributed by atoms with Gasteiger partial charge in [0.15, 0.2) is 16.7 Å². The second-order valence-electron chi connectivity index (χ2n) is 3.56. The molecule has 9 heteroatoms. The second kappa shape index (κ2) is 9.19. The minimum atomic E-state index is -5.79. The van der Waals surface area contributed by atoms with Crippen LogP contribution in [0, 0.1) is 0 Å². The molecular weight excluding hydrogens is 281 g/mol. The van der Waals surface area contributed by atoms with Gasteiger partial charge in [-0.1, -0.05) is 26.2 Å². The molecule has 0 saturated heterocycles. The number of alkyl halides is 2. The van der Waals surface area contributed by atoms with Crippen molar-refractivity contribution >= 4 is 16.1 Å². The molecule has 0 saturated carbocycles. The monoisotopic (exact) mass is 296 g/mol. The zero-order valence-corrected chi connectivity index (χ0v) is 13.3. The van der Waals surface area contributed by atoms with E-state index in [4.69, 9.17) is 0 Å². The summed E-state index contributed by atoms with van der Waals surface area (Å²) < 4.78 is 59.4. The third-order valence-corrected chi connectivity index (χ3v) is 2.85. The summed E-state index contributed by atoms with van der Waals surface area (Å²) in [5.74, 6) is -0.926. The van der Waals surface area contributed by atoms with Crippen molar-refractivity contribution in [3.8, 4) is 0 Å². The number of halogens is 2. The maximum atomic E-state index is 12.6. The summed E-state index contributed by atoms with van der Waals surface area (Å²) in [5.41, 5.74) is 0. The fourth-order valence-electron chi connectivity index (χ4n) is 1.00. The molecule has 5 nitrogen and oxygen atoms in total. The van der Waals surface area contributed by atoms with Crippen LogP contribution in [-0.2, 0) is 19.6 Å². The van der Waals surface area contributed by atoms with Gasteiger partial charge in [0.2, 0.25) is 0 Å². The summed E-state index contributed by atoms with van der Waals surface area (Å²) in [5, 5.41) is -4.56. The molecule has 18 heavy (non-hydrogen) atoms. The zero-order valence-electron chi connectivity index (χ0n) is 10.4. The van der Waals surface area contributed by atoms with Crippen LogP contribution in [-0.4, -0.2) is 30.8 Å². The number of carbonyl (C=O) groups excluding carboxylic acids is 1. The Labute approximate surface area is 127 Å². The molecule has 0 aliphatic rings. The Morgan fingerprint density at radius 2 is 1.83 bits per heavy atom. The van der Waals surface area contributed by atoms with Crippen molar-refractivity contribution in [1.82, 2.24) is 0 Å². The van der Waals surface area contributed by atoms with Crippen molar-refractivity contribution in [3.05, 3.63) is 0 Å². The molecule has 0 aromatic rings. The van der Waals surface area contributed by atoms with Crippen LogP contribution < -0.4 is 29.6 Å². The van der Waals surface area contributed by atoms with Crippen molar-refractivity contribution in [2.45, 2.75) is 44.3 Å². The van der Waals surface area contributed by atoms with Gasteiger partial charge in [-0.3, -0.25) is 4.79 Å². The second-order valence-corrected chi connectivity index (χ2v) is 5.07. The Hall–Kier alpha value is 0.240. The van der Waals surface area contributed by atoms with Crippen LogP contribution in [0.4, 0.5) is 8.78 Å². The van der Waals surface area contributed by atoms with E-state index in [0.29, 0.717) is 6.42 Å². The van der Waals surface area contributed by atoms with Crippen molar-refractivity contribution < 1.29 is 60.8 Å². The fraction of sp³-hybridized carbons (Fsp3) is 0.889. The summed E-state index contributed by atoms with van der Waals surface area (Å²) >= 11 is 0. The van der Waals surface area contributed by atoms with E-state index in [1.165, 1.54) is 0 Å². The van der Waals surface area contributed by atoms with E-state index in [1.54, 1.807) is 0 Å². The standard InChI is InChI=1S/C9H16F2O5S.Na/c1-2-3-4-5-6-8(12)16-7-9(10,11)17(13,14)15;/h2-7H2,1H3,(H,13,14,15);/q;+1/p-1. The predicted octanol–water partition coefficient (Wildman–Crippen LogP) is -1.36. The quantitative estimate of drug-likeness (QED) is 0.239. The molecule has 0 aliphatic carbocycles. The normalized spacial score (nSPS) is 11.8. The van der Waals surface area contributed by atoms with Crippen molar-refractivity contribution in [2.75, 3.05) is 6.61 Å². The molecule has 0 atom stereocenters. The average Bonchev–Trinajstić information content (AvgIpc) is 2.20. The number of unbranched alkanes of at least 4 members (excludes halogenated alkanes) is 3. The third kappa shape index (κ3) is 8.36. The van der Waals surface area contributed by atoms with E-state index >= 15 is 0 Å². The van der Waals surface area contributed by atoms with Crippen molar-refractivity contribution in [2.24, 2.45) is 0 Å². The van der Waals surface area contributed by atoms with Crippen molar-refractivity contribution in [3.63, 3.8) is 0 Å². The van der Waals surface area contributed by atoms with Gasteiger partial charge in [0.05, 0.1) is 0 Å². The number of carbonyl (C=O) groups is 1. The molecular formula is C9H15F2NaO5S. The molecule has 0 rings (SSSR count). The summed E-state index contributed by atoms with van der Waals surface area (Å²) in [6.45, 7) is 0.253. The van der Waals surface area contributed by atoms with Crippen LogP contribution in [0.15, 0.2) is 0 Å². The molecule has 0 N–H and O–H groups in total. The Morgan fingerprint density at radius 3 is 2.28 bits per heavy atom. The summed E-state index contributed by atoms with van der Waals surface area (Å²) in [7, 11) is -5.79. The van der Waals surface area contributed by atoms with Gasteiger partial charge in [0.25, 0.3) is 0 Å². The molecule has 0 spiro atoms. The third-order valence-electron chi connectivity index (χ3n) is 2.00. The largest absolute Gasteiger partial charge is 1.00 e. The van der Waals surface area contributed by atoms with Gasteiger partial charge < -0.3 is 9.29 Å². The summed E-state index contributed by atoms with van der Waals surface area (Å²) in [6, 6.07) is 0. The van der Waals surface area contributed by atoms with E-state index in [-0.39, 0.29) is 36.0 Å². The molecule has 0 heterocycles. The number of ether oxygens (including phenoxy) is 1. The SMILES string of the molecule is CCCCCCC(=O)OCC(F)(F)S(=O)(=O)[O-].[Na+]. The molecule has 0 unspecified atom stereocenters. The molecule has 0 aromatic carbocycles. The molecule has 0 radical (unpaired) electrons. The smallest absolute Gasteiger partial charge is 0.743 e. The minimum absolute atomic E-state index is 0. The number of hydrogen-bond acceptors (Lipinski definition) is 5. The summed E-state index contributed by atoms with van der Waals surface area (Å²) in [6.07, 6.45) is 3.07. The van der Waals surface area contributed by atoms with Crippen LogP contribution in [0.25, 0.3) is 0 Å². The zero-order chi connectivity index (χ0) is 13.5. The van der Waals surface area contributed by atoms with Crippen LogP contribution >= 0.6 is 0 Å². The van der Waals surface area contributed by atoms with Crippen LogP contribution in [0.3, 0.4) is 0 Å². The Kier molecular flexibility index (Phi) is 10.5. The first kappa shape index (κ1) is 20.6. The van der Waals surface area contributed by atoms with Gasteiger partial charge >= 0.3 is 40.8 Å². The van der Waals surface area contributed by atoms with Crippen LogP contribution in [0.1, 0.15) is 39.0 Å². The number of rotatable bonds is 8. The fourth-order valence-corrected chi connectivity index (χ4v) is 1.21. The maximum Gasteiger partial charge on any atom is 1.00 e. The minimum Gasteiger partial charge on any atom is -0.743 e. The number of esters is 1. The summed E-state index contributed by atoms with van der Waals surface area (Å²) in [4.78, 5) is 10.9. The van der Waals surface area contributed by atoms with E-state index in [2.05, 4.69) is 4.74 Å². The predicted molar refractivity (Wildman–Crippen MR) is 54.4 cm³/mol. The first-order valence-electron chi connectivity index (χ1n) is 5.19. The molecule has 0 amide bonds. The van der Waals surface area contributed by atoms with E-state index in [9.17, 15) is 26.5 Å². The van der Waals surface area contributed by atoms with Gasteiger partial charge in [-0.25, -0.2) is 8.42 Å². The Morgan fingerprint density at radius 1 is 1.28 bits per heavy atom. The first-order valence-corrected chi connectivity index (χ1v) is 6.60. The van der Waals surface area contributed by atoms with Gasteiger partial charge in [-0.15, -0.1) is 0 Å². The molecule has 0 bridgehead atoms. The van der Waals surface area contributed by atoms with Gasteiger partial charge in [0, 0.05) is 6.42 Å². The topological polar surface area (TPSA) is 83.5 Å². The van der Waals surface area contributed by atoms with Crippen molar-refractivity contribution in [1.29, 1.82) is 0 Å². The van der Waals surface area contributed by atoms with Gasteiger partial charge in [0.1, 0.15) is 0 Å². The number of hydrogen-bond donors (Lipinski definition) is 0. The average molecular weight is 296 g/mol. The van der Waals surface area contributed by atoms with Gasteiger partial charge in [-0.2, -0.15) is 8.78 Å². The van der Waals surface area contributed by atoms with E-state index < -0.39 is 27.9 Å². The Balaban J connectivity index is 0.